The van der Waals surface area contributed by atoms with E-state index in [0.29, 0.717) is 11.8 Å². The molecule has 1 aromatic carbocycles. The molecule has 1 aliphatic heterocycles. The first-order chi connectivity index (χ1) is 14.2. The summed E-state index contributed by atoms with van der Waals surface area (Å²) in [5.74, 6) is 2.61. The van der Waals surface area contributed by atoms with Crippen molar-refractivity contribution in [2.75, 3.05) is 38.2 Å². The topological polar surface area (TPSA) is 58.6 Å². The first kappa shape index (κ1) is 19.7. The summed E-state index contributed by atoms with van der Waals surface area (Å²) in [5, 5.41) is 8.83. The monoisotopic (exact) mass is 394 g/mol. The minimum Gasteiger partial charge on any atom is -0.497 e. The molecule has 1 aromatic heterocycles. The standard InChI is InChI=1S/C23H30N4O2/c1-29-20-9-5-8-19(17-20)21-10-11-22(25-24-21)26-12-14-27(15-13-26)23(28)16-18-6-3-2-4-7-18/h5,8-11,17-18H,2-4,6-7,12-16H2,1H3. The van der Waals surface area contributed by atoms with Gasteiger partial charge in [-0.3, -0.25) is 4.79 Å². The van der Waals surface area contributed by atoms with E-state index in [4.69, 9.17) is 4.74 Å². The summed E-state index contributed by atoms with van der Waals surface area (Å²) in [6.07, 6.45) is 7.09. The molecule has 2 aliphatic rings. The lowest BCUT2D eigenvalue weighted by molar-refractivity contribution is -0.132. The Hall–Kier alpha value is -2.63. The predicted molar refractivity (Wildman–Crippen MR) is 114 cm³/mol. The van der Waals surface area contributed by atoms with Gasteiger partial charge < -0.3 is 14.5 Å². The van der Waals surface area contributed by atoms with Crippen molar-refractivity contribution in [2.24, 2.45) is 5.92 Å². The van der Waals surface area contributed by atoms with Crippen molar-refractivity contribution in [1.29, 1.82) is 0 Å². The number of ether oxygens (including phenoxy) is 1. The van der Waals surface area contributed by atoms with Crippen molar-refractivity contribution in [3.63, 3.8) is 0 Å². The second-order valence-corrected chi connectivity index (χ2v) is 8.08. The molecule has 1 aliphatic carbocycles. The van der Waals surface area contributed by atoms with Crippen molar-refractivity contribution >= 4 is 11.7 Å². The lowest BCUT2D eigenvalue weighted by Crippen LogP contribution is -2.49. The second kappa shape index (κ2) is 9.25. The van der Waals surface area contributed by atoms with Crippen LogP contribution < -0.4 is 9.64 Å². The zero-order chi connectivity index (χ0) is 20.1. The summed E-state index contributed by atoms with van der Waals surface area (Å²) in [6, 6.07) is 11.8. The minimum atomic E-state index is 0.330. The summed E-state index contributed by atoms with van der Waals surface area (Å²) >= 11 is 0. The molecule has 4 rings (SSSR count). The molecule has 1 saturated heterocycles. The Balaban J connectivity index is 1.32. The minimum absolute atomic E-state index is 0.330. The number of amides is 1. The maximum absolute atomic E-state index is 12.6. The third-order valence-electron chi connectivity index (χ3n) is 6.16. The third kappa shape index (κ3) is 4.86. The van der Waals surface area contributed by atoms with Crippen LogP contribution in [0.2, 0.25) is 0 Å². The Kier molecular flexibility index (Phi) is 6.27. The van der Waals surface area contributed by atoms with Crippen LogP contribution in [0, 0.1) is 5.92 Å². The molecule has 6 nitrogen and oxygen atoms in total. The van der Waals surface area contributed by atoms with Crippen LogP contribution in [0.4, 0.5) is 5.82 Å². The maximum Gasteiger partial charge on any atom is 0.222 e. The molecule has 2 fully saturated rings. The van der Waals surface area contributed by atoms with Gasteiger partial charge in [0.1, 0.15) is 5.75 Å². The largest absolute Gasteiger partial charge is 0.497 e. The highest BCUT2D eigenvalue weighted by Crippen LogP contribution is 2.27. The molecule has 0 bridgehead atoms. The average molecular weight is 395 g/mol. The summed E-state index contributed by atoms with van der Waals surface area (Å²) in [5.41, 5.74) is 1.82. The van der Waals surface area contributed by atoms with E-state index in [1.54, 1.807) is 7.11 Å². The van der Waals surface area contributed by atoms with Gasteiger partial charge in [-0.1, -0.05) is 31.4 Å². The second-order valence-electron chi connectivity index (χ2n) is 8.08. The number of piperazine rings is 1. The molecule has 154 valence electrons. The van der Waals surface area contributed by atoms with E-state index in [0.717, 1.165) is 55.4 Å². The Labute approximate surface area is 172 Å². The number of carbonyl (C=O) groups excluding carboxylic acids is 1. The fourth-order valence-corrected chi connectivity index (χ4v) is 4.38. The van der Waals surface area contributed by atoms with Gasteiger partial charge in [0.15, 0.2) is 5.82 Å². The normalized spacial score (nSPS) is 18.0. The third-order valence-corrected chi connectivity index (χ3v) is 6.16. The van der Waals surface area contributed by atoms with Crippen molar-refractivity contribution in [2.45, 2.75) is 38.5 Å². The SMILES string of the molecule is COc1cccc(-c2ccc(N3CCN(C(=O)CC4CCCCC4)CC3)nn2)c1. The number of aromatic nitrogens is 2. The van der Waals surface area contributed by atoms with Crippen LogP contribution in [0.3, 0.4) is 0 Å². The number of hydrogen-bond acceptors (Lipinski definition) is 5. The average Bonchev–Trinajstić information content (AvgIpc) is 2.80. The number of hydrogen-bond donors (Lipinski definition) is 0. The molecule has 2 heterocycles. The molecule has 6 heteroatoms. The fourth-order valence-electron chi connectivity index (χ4n) is 4.38. The highest BCUT2D eigenvalue weighted by atomic mass is 16.5. The number of nitrogens with zero attached hydrogens (tertiary/aromatic N) is 4. The lowest BCUT2D eigenvalue weighted by Gasteiger charge is -2.36. The molecule has 0 atom stereocenters. The van der Waals surface area contributed by atoms with Gasteiger partial charge in [0, 0.05) is 38.2 Å². The molecule has 0 radical (unpaired) electrons. The molecular weight excluding hydrogens is 364 g/mol. The van der Waals surface area contributed by atoms with E-state index in [9.17, 15) is 4.79 Å². The van der Waals surface area contributed by atoms with E-state index in [2.05, 4.69) is 15.1 Å². The van der Waals surface area contributed by atoms with E-state index in [1.807, 2.05) is 41.3 Å². The van der Waals surface area contributed by atoms with E-state index >= 15 is 0 Å². The van der Waals surface area contributed by atoms with E-state index in [1.165, 1.54) is 32.1 Å². The first-order valence-electron chi connectivity index (χ1n) is 10.7. The van der Waals surface area contributed by atoms with Gasteiger partial charge in [-0.05, 0) is 43.0 Å². The van der Waals surface area contributed by atoms with Crippen LogP contribution >= 0.6 is 0 Å². The summed E-state index contributed by atoms with van der Waals surface area (Å²) in [7, 11) is 1.66. The van der Waals surface area contributed by atoms with E-state index in [-0.39, 0.29) is 0 Å². The molecule has 0 spiro atoms. The van der Waals surface area contributed by atoms with Crippen LogP contribution in [-0.4, -0.2) is 54.3 Å². The Morgan fingerprint density at radius 2 is 1.83 bits per heavy atom. The molecular formula is C23H30N4O2. The van der Waals surface area contributed by atoms with Gasteiger partial charge in [-0.2, -0.15) is 0 Å². The maximum atomic E-state index is 12.6. The van der Waals surface area contributed by atoms with Gasteiger partial charge in [0.05, 0.1) is 12.8 Å². The lowest BCUT2D eigenvalue weighted by atomic mass is 9.86. The van der Waals surface area contributed by atoms with Crippen molar-refractivity contribution in [1.82, 2.24) is 15.1 Å². The van der Waals surface area contributed by atoms with Gasteiger partial charge in [0.25, 0.3) is 0 Å². The van der Waals surface area contributed by atoms with Gasteiger partial charge in [0.2, 0.25) is 5.91 Å². The molecule has 0 unspecified atom stereocenters. The van der Waals surface area contributed by atoms with Gasteiger partial charge in [-0.15, -0.1) is 10.2 Å². The number of methoxy groups -OCH3 is 1. The zero-order valence-electron chi connectivity index (χ0n) is 17.2. The highest BCUT2D eigenvalue weighted by molar-refractivity contribution is 5.76. The smallest absolute Gasteiger partial charge is 0.222 e. The van der Waals surface area contributed by atoms with Gasteiger partial charge >= 0.3 is 0 Å². The first-order valence-corrected chi connectivity index (χ1v) is 10.7. The van der Waals surface area contributed by atoms with Crippen molar-refractivity contribution in [3.8, 4) is 17.0 Å². The molecule has 2 aromatic rings. The van der Waals surface area contributed by atoms with E-state index < -0.39 is 0 Å². The van der Waals surface area contributed by atoms with Crippen LogP contribution in [0.15, 0.2) is 36.4 Å². The summed E-state index contributed by atoms with van der Waals surface area (Å²) in [4.78, 5) is 16.9. The van der Waals surface area contributed by atoms with Crippen LogP contribution in [0.5, 0.6) is 5.75 Å². The summed E-state index contributed by atoms with van der Waals surface area (Å²) in [6.45, 7) is 3.16. The quantitative estimate of drug-likeness (QED) is 0.773. The van der Waals surface area contributed by atoms with Crippen LogP contribution in [0.1, 0.15) is 38.5 Å². The zero-order valence-corrected chi connectivity index (χ0v) is 17.2. The number of anilines is 1. The Morgan fingerprint density at radius 1 is 1.03 bits per heavy atom. The van der Waals surface area contributed by atoms with Crippen molar-refractivity contribution in [3.05, 3.63) is 36.4 Å². The molecule has 29 heavy (non-hydrogen) atoms. The molecule has 0 N–H and O–H groups in total. The predicted octanol–water partition coefficient (Wildman–Crippen LogP) is 3.77. The number of benzene rings is 1. The van der Waals surface area contributed by atoms with Crippen LogP contribution in [0.25, 0.3) is 11.3 Å². The number of carbonyl (C=O) groups is 1. The van der Waals surface area contributed by atoms with Gasteiger partial charge in [-0.25, -0.2) is 0 Å². The highest BCUT2D eigenvalue weighted by Gasteiger charge is 2.25. The Bertz CT molecular complexity index is 810. The molecule has 1 saturated carbocycles. The molecule has 1 amide bonds. The van der Waals surface area contributed by atoms with Crippen LogP contribution in [-0.2, 0) is 4.79 Å². The number of rotatable bonds is 5. The van der Waals surface area contributed by atoms with Crippen molar-refractivity contribution < 1.29 is 9.53 Å². The summed E-state index contributed by atoms with van der Waals surface area (Å²) < 4.78 is 5.28. The fraction of sp³-hybridized carbons (Fsp3) is 0.522. The Morgan fingerprint density at radius 3 is 2.52 bits per heavy atom.